The van der Waals surface area contributed by atoms with Crippen molar-refractivity contribution in [2.45, 2.75) is 20.3 Å². The van der Waals surface area contributed by atoms with Crippen LogP contribution in [0.15, 0.2) is 17.8 Å². The lowest BCUT2D eigenvalue weighted by Crippen LogP contribution is -1.95. The monoisotopic (exact) mass is 238 g/mol. The van der Waals surface area contributed by atoms with Crippen molar-refractivity contribution in [3.05, 3.63) is 33.4 Å². The SMILES string of the molecule is CCc1c(Cl)ncnc1-c1ccsc1C. The lowest BCUT2D eigenvalue weighted by atomic mass is 10.1. The molecule has 4 heteroatoms. The molecule has 0 saturated heterocycles. The van der Waals surface area contributed by atoms with Gasteiger partial charge in [-0.15, -0.1) is 11.3 Å². The molecule has 0 N–H and O–H groups in total. The maximum absolute atomic E-state index is 6.05. The molecule has 0 saturated carbocycles. The Bertz CT molecular complexity index is 479. The topological polar surface area (TPSA) is 25.8 Å². The molecule has 0 atom stereocenters. The molecule has 0 unspecified atom stereocenters. The summed E-state index contributed by atoms with van der Waals surface area (Å²) < 4.78 is 0. The van der Waals surface area contributed by atoms with Gasteiger partial charge in [0.15, 0.2) is 0 Å². The summed E-state index contributed by atoms with van der Waals surface area (Å²) in [4.78, 5) is 9.60. The molecule has 0 fully saturated rings. The lowest BCUT2D eigenvalue weighted by molar-refractivity contribution is 1.05. The molecular formula is C11H11ClN2S. The van der Waals surface area contributed by atoms with Crippen LogP contribution in [0.2, 0.25) is 5.15 Å². The van der Waals surface area contributed by atoms with E-state index in [1.807, 2.05) is 0 Å². The van der Waals surface area contributed by atoms with Crippen molar-refractivity contribution in [1.29, 1.82) is 0 Å². The van der Waals surface area contributed by atoms with Crippen molar-refractivity contribution in [2.75, 3.05) is 0 Å². The van der Waals surface area contributed by atoms with Crippen LogP contribution in [0.1, 0.15) is 17.4 Å². The quantitative estimate of drug-likeness (QED) is 0.745. The number of hydrogen-bond acceptors (Lipinski definition) is 3. The summed E-state index contributed by atoms with van der Waals surface area (Å²) in [7, 11) is 0. The van der Waals surface area contributed by atoms with Crippen LogP contribution in [0, 0.1) is 6.92 Å². The van der Waals surface area contributed by atoms with Gasteiger partial charge < -0.3 is 0 Å². The molecule has 0 aliphatic heterocycles. The molecule has 0 spiro atoms. The first-order chi connectivity index (χ1) is 7.24. The van der Waals surface area contributed by atoms with Gasteiger partial charge in [0.2, 0.25) is 0 Å². The third kappa shape index (κ3) is 1.90. The molecule has 2 aromatic heterocycles. The Balaban J connectivity index is 2.63. The predicted molar refractivity (Wildman–Crippen MR) is 64.5 cm³/mol. The van der Waals surface area contributed by atoms with Crippen LogP contribution in [0.25, 0.3) is 11.3 Å². The van der Waals surface area contributed by atoms with Gasteiger partial charge in [0.25, 0.3) is 0 Å². The van der Waals surface area contributed by atoms with Gasteiger partial charge in [0.05, 0.1) is 5.69 Å². The van der Waals surface area contributed by atoms with E-state index >= 15 is 0 Å². The maximum Gasteiger partial charge on any atom is 0.136 e. The van der Waals surface area contributed by atoms with Crippen molar-refractivity contribution in [3.63, 3.8) is 0 Å². The van der Waals surface area contributed by atoms with Gasteiger partial charge in [0.1, 0.15) is 11.5 Å². The molecule has 2 heterocycles. The first kappa shape index (κ1) is 10.6. The van der Waals surface area contributed by atoms with E-state index in [4.69, 9.17) is 11.6 Å². The summed E-state index contributed by atoms with van der Waals surface area (Å²) >= 11 is 7.77. The Morgan fingerprint density at radius 3 is 2.80 bits per heavy atom. The molecule has 2 nitrogen and oxygen atoms in total. The van der Waals surface area contributed by atoms with Crippen LogP contribution in [-0.2, 0) is 6.42 Å². The molecule has 78 valence electrons. The summed E-state index contributed by atoms with van der Waals surface area (Å²) in [6.07, 6.45) is 2.37. The Hall–Kier alpha value is -0.930. The van der Waals surface area contributed by atoms with E-state index in [9.17, 15) is 0 Å². The second kappa shape index (κ2) is 4.29. The number of thiophene rings is 1. The normalized spacial score (nSPS) is 10.6. The van der Waals surface area contributed by atoms with E-state index in [2.05, 4.69) is 35.3 Å². The standard InChI is InChI=1S/C11H11ClN2S/c1-3-8-10(13-6-14-11(8)12)9-4-5-15-7(9)2/h4-6H,3H2,1-2H3. The van der Waals surface area contributed by atoms with Crippen LogP contribution < -0.4 is 0 Å². The minimum atomic E-state index is 0.563. The van der Waals surface area contributed by atoms with E-state index in [1.54, 1.807) is 11.3 Å². The van der Waals surface area contributed by atoms with Crippen LogP contribution in [0.5, 0.6) is 0 Å². The van der Waals surface area contributed by atoms with Crippen molar-refractivity contribution in [2.24, 2.45) is 0 Å². The van der Waals surface area contributed by atoms with Crippen LogP contribution in [0.4, 0.5) is 0 Å². The second-order valence-electron chi connectivity index (χ2n) is 3.24. The highest BCUT2D eigenvalue weighted by Gasteiger charge is 2.12. The summed E-state index contributed by atoms with van der Waals surface area (Å²) in [6.45, 7) is 4.16. The largest absolute Gasteiger partial charge is 0.236 e. The highest BCUT2D eigenvalue weighted by atomic mass is 35.5. The summed E-state index contributed by atoms with van der Waals surface area (Å²) in [5.74, 6) is 0. The van der Waals surface area contributed by atoms with Crippen molar-refractivity contribution in [3.8, 4) is 11.3 Å². The molecule has 0 aromatic carbocycles. The Morgan fingerprint density at radius 1 is 1.40 bits per heavy atom. The van der Waals surface area contributed by atoms with Crippen molar-refractivity contribution >= 4 is 22.9 Å². The van der Waals surface area contributed by atoms with Gasteiger partial charge in [-0.3, -0.25) is 0 Å². The fraction of sp³-hybridized carbons (Fsp3) is 0.273. The van der Waals surface area contributed by atoms with Crippen LogP contribution in [0.3, 0.4) is 0 Å². The lowest BCUT2D eigenvalue weighted by Gasteiger charge is -2.06. The Labute approximate surface area is 98.0 Å². The molecular weight excluding hydrogens is 228 g/mol. The molecule has 0 radical (unpaired) electrons. The fourth-order valence-corrected chi connectivity index (χ4v) is 2.53. The minimum absolute atomic E-state index is 0.563. The van der Waals surface area contributed by atoms with E-state index in [0.717, 1.165) is 17.7 Å². The molecule has 0 amide bonds. The van der Waals surface area contributed by atoms with E-state index in [-0.39, 0.29) is 0 Å². The highest BCUT2D eigenvalue weighted by Crippen LogP contribution is 2.30. The first-order valence-corrected chi connectivity index (χ1v) is 6.03. The fourth-order valence-electron chi connectivity index (χ4n) is 1.57. The first-order valence-electron chi connectivity index (χ1n) is 4.78. The van der Waals surface area contributed by atoms with Gasteiger partial charge in [0, 0.05) is 16.0 Å². The number of hydrogen-bond donors (Lipinski definition) is 0. The average molecular weight is 239 g/mol. The highest BCUT2D eigenvalue weighted by molar-refractivity contribution is 7.10. The van der Waals surface area contributed by atoms with Crippen molar-refractivity contribution in [1.82, 2.24) is 9.97 Å². The second-order valence-corrected chi connectivity index (χ2v) is 4.71. The smallest absolute Gasteiger partial charge is 0.136 e. The van der Waals surface area contributed by atoms with Gasteiger partial charge in [-0.25, -0.2) is 9.97 Å². The van der Waals surface area contributed by atoms with E-state index in [1.165, 1.54) is 16.8 Å². The summed E-state index contributed by atoms with van der Waals surface area (Å²) in [5, 5.41) is 2.63. The summed E-state index contributed by atoms with van der Waals surface area (Å²) in [5.41, 5.74) is 3.16. The van der Waals surface area contributed by atoms with Gasteiger partial charge in [-0.1, -0.05) is 18.5 Å². The summed E-state index contributed by atoms with van der Waals surface area (Å²) in [6, 6.07) is 2.08. The Morgan fingerprint density at radius 2 is 2.20 bits per heavy atom. The zero-order valence-corrected chi connectivity index (χ0v) is 10.2. The molecule has 15 heavy (non-hydrogen) atoms. The van der Waals surface area contributed by atoms with Gasteiger partial charge in [-0.2, -0.15) is 0 Å². The van der Waals surface area contributed by atoms with Gasteiger partial charge >= 0.3 is 0 Å². The van der Waals surface area contributed by atoms with E-state index < -0.39 is 0 Å². The Kier molecular flexibility index (Phi) is 3.03. The molecule has 2 rings (SSSR count). The zero-order valence-electron chi connectivity index (χ0n) is 8.62. The molecule has 2 aromatic rings. The number of aromatic nitrogens is 2. The van der Waals surface area contributed by atoms with Crippen molar-refractivity contribution < 1.29 is 0 Å². The number of nitrogens with zero attached hydrogens (tertiary/aromatic N) is 2. The third-order valence-electron chi connectivity index (χ3n) is 2.36. The van der Waals surface area contributed by atoms with E-state index in [0.29, 0.717) is 5.15 Å². The van der Waals surface area contributed by atoms with Gasteiger partial charge in [-0.05, 0) is 24.8 Å². The van der Waals surface area contributed by atoms with Crippen LogP contribution >= 0.6 is 22.9 Å². The number of rotatable bonds is 2. The van der Waals surface area contributed by atoms with Crippen LogP contribution in [-0.4, -0.2) is 9.97 Å². The molecule has 0 aliphatic carbocycles. The minimum Gasteiger partial charge on any atom is -0.236 e. The average Bonchev–Trinajstić information content (AvgIpc) is 2.64. The molecule has 0 bridgehead atoms. The number of halogens is 1. The molecule has 0 aliphatic rings. The maximum atomic E-state index is 6.05. The third-order valence-corrected chi connectivity index (χ3v) is 3.53. The predicted octanol–water partition coefficient (Wildman–Crippen LogP) is 3.73. The number of aryl methyl sites for hydroxylation is 1. The zero-order chi connectivity index (χ0) is 10.8.